The highest BCUT2D eigenvalue weighted by molar-refractivity contribution is 9.10. The van der Waals surface area contributed by atoms with Crippen LogP contribution in [-0.2, 0) is 0 Å². The molecule has 1 saturated carbocycles. The molecule has 5 heteroatoms. The number of anilines is 1. The fourth-order valence-corrected chi connectivity index (χ4v) is 4.35. The lowest BCUT2D eigenvalue weighted by Gasteiger charge is -2.31. The van der Waals surface area contributed by atoms with Crippen LogP contribution in [0.3, 0.4) is 0 Å². The van der Waals surface area contributed by atoms with E-state index in [2.05, 4.69) is 21.2 Å². The van der Waals surface area contributed by atoms with Crippen LogP contribution in [0.15, 0.2) is 27.7 Å². The topological polar surface area (TPSA) is 24.4 Å². The summed E-state index contributed by atoms with van der Waals surface area (Å²) < 4.78 is 0.919. The van der Waals surface area contributed by atoms with Gasteiger partial charge < -0.3 is 5.32 Å². The molecule has 1 spiro atoms. The first-order valence-electron chi connectivity index (χ1n) is 6.56. The van der Waals surface area contributed by atoms with Crippen molar-refractivity contribution in [3.8, 4) is 0 Å². The third-order valence-corrected chi connectivity index (χ3v) is 6.40. The lowest BCUT2D eigenvalue weighted by atomic mass is 9.89. The fourth-order valence-electron chi connectivity index (χ4n) is 2.75. The van der Waals surface area contributed by atoms with E-state index < -0.39 is 0 Å². The van der Waals surface area contributed by atoms with Crippen molar-refractivity contribution in [2.45, 2.75) is 25.7 Å². The highest BCUT2D eigenvalue weighted by Gasteiger charge is 2.36. The predicted octanol–water partition coefficient (Wildman–Crippen LogP) is 5.18. The third-order valence-electron chi connectivity index (χ3n) is 3.91. The van der Waals surface area contributed by atoms with Crippen LogP contribution in [0.1, 0.15) is 25.7 Å². The van der Waals surface area contributed by atoms with E-state index >= 15 is 0 Å². The Morgan fingerprint density at radius 2 is 2.11 bits per heavy atom. The van der Waals surface area contributed by atoms with E-state index in [0.717, 1.165) is 26.9 Å². The second kappa shape index (κ2) is 5.66. The summed E-state index contributed by atoms with van der Waals surface area (Å²) in [6.45, 7) is 0.979. The number of hydrogen-bond donors (Lipinski definition) is 1. The van der Waals surface area contributed by atoms with E-state index in [1.807, 2.05) is 30.0 Å². The lowest BCUT2D eigenvalue weighted by molar-refractivity contribution is 0.359. The van der Waals surface area contributed by atoms with Crippen LogP contribution in [-0.4, -0.2) is 17.5 Å². The molecule has 2 nitrogen and oxygen atoms in total. The van der Waals surface area contributed by atoms with Crippen molar-refractivity contribution in [3.63, 3.8) is 0 Å². The minimum Gasteiger partial charge on any atom is -0.335 e. The van der Waals surface area contributed by atoms with Gasteiger partial charge in [0.15, 0.2) is 5.17 Å². The number of aliphatic imine (C=N–C) groups is 1. The average molecular weight is 360 g/mol. The second-order valence-corrected chi connectivity index (χ2v) is 7.60. The highest BCUT2D eigenvalue weighted by atomic mass is 79.9. The maximum absolute atomic E-state index is 6.10. The smallest absolute Gasteiger partial charge is 0.161 e. The number of halogens is 2. The number of thioether (sulfide) groups is 1. The van der Waals surface area contributed by atoms with Crippen molar-refractivity contribution >= 4 is 50.1 Å². The van der Waals surface area contributed by atoms with Crippen molar-refractivity contribution in [1.82, 2.24) is 0 Å². The standard InChI is InChI=1S/C14H16BrClN2S/c15-11-4-3-10(7-12(11)16)18-13-17-8-14(9-19-13)5-1-2-6-14/h3-4,7H,1-2,5-6,8-9H2,(H,17,18). The van der Waals surface area contributed by atoms with Crippen molar-refractivity contribution in [2.75, 3.05) is 17.6 Å². The molecule has 0 bridgehead atoms. The summed E-state index contributed by atoms with van der Waals surface area (Å²) in [5, 5.41) is 5.11. The van der Waals surface area contributed by atoms with E-state index in [4.69, 9.17) is 16.6 Å². The fraction of sp³-hybridized carbons (Fsp3) is 0.500. The molecule has 1 aliphatic carbocycles. The molecule has 102 valence electrons. The van der Waals surface area contributed by atoms with Gasteiger partial charge in [-0.2, -0.15) is 0 Å². The van der Waals surface area contributed by atoms with Gasteiger partial charge >= 0.3 is 0 Å². The molecule has 1 N–H and O–H groups in total. The van der Waals surface area contributed by atoms with Gasteiger partial charge in [0.2, 0.25) is 0 Å². The number of benzene rings is 1. The Morgan fingerprint density at radius 1 is 1.32 bits per heavy atom. The van der Waals surface area contributed by atoms with Crippen LogP contribution in [0.2, 0.25) is 5.02 Å². The van der Waals surface area contributed by atoms with E-state index in [1.165, 1.54) is 31.4 Å². The van der Waals surface area contributed by atoms with Gasteiger partial charge in [0.1, 0.15) is 0 Å². The van der Waals surface area contributed by atoms with Crippen LogP contribution in [0.4, 0.5) is 5.69 Å². The van der Waals surface area contributed by atoms with E-state index in [-0.39, 0.29) is 0 Å². The van der Waals surface area contributed by atoms with Gasteiger partial charge in [-0.15, -0.1) is 0 Å². The Morgan fingerprint density at radius 3 is 2.74 bits per heavy atom. The molecule has 0 saturated heterocycles. The molecule has 0 atom stereocenters. The number of rotatable bonds is 1. The third kappa shape index (κ3) is 3.11. The Kier molecular flexibility index (Phi) is 4.11. The Labute approximate surface area is 131 Å². The zero-order valence-electron chi connectivity index (χ0n) is 10.6. The minimum absolute atomic E-state index is 0.493. The molecule has 0 radical (unpaired) electrons. The second-order valence-electron chi connectivity index (χ2n) is 5.37. The molecule has 1 aromatic carbocycles. The van der Waals surface area contributed by atoms with Gasteiger partial charge in [-0.1, -0.05) is 36.2 Å². The van der Waals surface area contributed by atoms with Crippen LogP contribution < -0.4 is 5.32 Å². The molecular formula is C14H16BrClN2S. The Balaban J connectivity index is 1.67. The van der Waals surface area contributed by atoms with Crippen molar-refractivity contribution in [1.29, 1.82) is 0 Å². The maximum atomic E-state index is 6.10. The van der Waals surface area contributed by atoms with E-state index in [1.54, 1.807) is 0 Å². The van der Waals surface area contributed by atoms with Gasteiger partial charge in [-0.25, -0.2) is 0 Å². The summed E-state index contributed by atoms with van der Waals surface area (Å²) in [5.74, 6) is 1.20. The summed E-state index contributed by atoms with van der Waals surface area (Å²) in [4.78, 5) is 4.73. The number of amidine groups is 1. The first-order chi connectivity index (χ1) is 9.17. The minimum atomic E-state index is 0.493. The van der Waals surface area contributed by atoms with Gasteiger partial charge in [-0.05, 0) is 52.4 Å². The molecular weight excluding hydrogens is 344 g/mol. The lowest BCUT2D eigenvalue weighted by Crippen LogP contribution is -2.30. The molecule has 2 aliphatic rings. The van der Waals surface area contributed by atoms with E-state index in [9.17, 15) is 0 Å². The molecule has 1 fully saturated rings. The van der Waals surface area contributed by atoms with E-state index in [0.29, 0.717) is 5.41 Å². The van der Waals surface area contributed by atoms with Crippen LogP contribution >= 0.6 is 39.3 Å². The summed E-state index contributed by atoms with van der Waals surface area (Å²) >= 11 is 11.3. The average Bonchev–Trinajstić information content (AvgIpc) is 2.86. The largest absolute Gasteiger partial charge is 0.335 e. The summed E-state index contributed by atoms with van der Waals surface area (Å²) in [6, 6.07) is 5.89. The maximum Gasteiger partial charge on any atom is 0.161 e. The normalized spacial score (nSPS) is 21.5. The number of nitrogens with zero attached hydrogens (tertiary/aromatic N) is 1. The Bertz CT molecular complexity index is 512. The highest BCUT2D eigenvalue weighted by Crippen LogP contribution is 2.43. The molecule has 1 aliphatic heterocycles. The first-order valence-corrected chi connectivity index (χ1v) is 8.72. The zero-order chi connectivity index (χ0) is 13.3. The van der Waals surface area contributed by atoms with Crippen molar-refractivity contribution in [3.05, 3.63) is 27.7 Å². The molecule has 0 unspecified atom stereocenters. The van der Waals surface area contributed by atoms with Crippen LogP contribution in [0, 0.1) is 5.41 Å². The SMILES string of the molecule is Clc1cc(NC2=NCC3(CCCC3)CS2)ccc1Br. The molecule has 3 rings (SSSR count). The molecule has 0 amide bonds. The molecule has 19 heavy (non-hydrogen) atoms. The zero-order valence-corrected chi connectivity index (χ0v) is 13.7. The Hall–Kier alpha value is -0.190. The first kappa shape index (κ1) is 13.8. The van der Waals surface area contributed by atoms with Crippen molar-refractivity contribution in [2.24, 2.45) is 10.4 Å². The van der Waals surface area contributed by atoms with Gasteiger partial charge in [0.05, 0.1) is 5.02 Å². The summed E-state index contributed by atoms with van der Waals surface area (Å²) in [5.41, 5.74) is 1.49. The quantitative estimate of drug-likeness (QED) is 0.747. The van der Waals surface area contributed by atoms with Crippen molar-refractivity contribution < 1.29 is 0 Å². The monoisotopic (exact) mass is 358 g/mol. The van der Waals surface area contributed by atoms with Crippen LogP contribution in [0.5, 0.6) is 0 Å². The van der Waals surface area contributed by atoms with Gasteiger partial charge in [0, 0.05) is 22.5 Å². The molecule has 0 aromatic heterocycles. The number of hydrogen-bond acceptors (Lipinski definition) is 3. The van der Waals surface area contributed by atoms with Gasteiger partial charge in [0.25, 0.3) is 0 Å². The molecule has 1 aromatic rings. The molecule has 1 heterocycles. The van der Waals surface area contributed by atoms with Crippen LogP contribution in [0.25, 0.3) is 0 Å². The summed E-state index contributed by atoms with van der Waals surface area (Å²) in [6.07, 6.45) is 5.45. The van der Waals surface area contributed by atoms with Gasteiger partial charge in [-0.3, -0.25) is 4.99 Å². The summed E-state index contributed by atoms with van der Waals surface area (Å²) in [7, 11) is 0. The number of nitrogens with one attached hydrogen (secondary N) is 1. The predicted molar refractivity (Wildman–Crippen MR) is 88.4 cm³/mol.